The first-order valence-corrected chi connectivity index (χ1v) is 6.83. The van der Waals surface area contributed by atoms with Gasteiger partial charge < -0.3 is 4.74 Å². The maximum Gasteiger partial charge on any atom is 0.230 e. The fourth-order valence-corrected chi connectivity index (χ4v) is 2.62. The maximum absolute atomic E-state index is 11.3. The summed E-state index contributed by atoms with van der Waals surface area (Å²) in [4.78, 5) is 11.3. The van der Waals surface area contributed by atoms with Crippen molar-refractivity contribution in [1.82, 2.24) is 5.01 Å². The third-order valence-corrected chi connectivity index (χ3v) is 3.66. The lowest BCUT2D eigenvalue weighted by Gasteiger charge is -2.19. The number of hydrazone groups is 1. The molecule has 4 nitrogen and oxygen atoms in total. The second kappa shape index (κ2) is 5.79. The second-order valence-electron chi connectivity index (χ2n) is 4.86. The number of hydrogen-bond donors (Lipinski definition) is 0. The van der Waals surface area contributed by atoms with Crippen LogP contribution in [0.2, 0.25) is 0 Å². The minimum atomic E-state index is -0.117. The molecule has 0 aromatic heterocycles. The zero-order chi connectivity index (χ0) is 14.7. The molecule has 1 aliphatic rings. The van der Waals surface area contributed by atoms with E-state index in [-0.39, 0.29) is 6.04 Å². The molecule has 0 spiro atoms. The first-order valence-electron chi connectivity index (χ1n) is 6.83. The number of ether oxygens (including phenoxy) is 1. The summed E-state index contributed by atoms with van der Waals surface area (Å²) in [5.41, 5.74) is 2.93. The highest BCUT2D eigenvalue weighted by molar-refractivity contribution is 6.02. The van der Waals surface area contributed by atoms with Gasteiger partial charge in [-0.15, -0.1) is 0 Å². The van der Waals surface area contributed by atoms with Crippen molar-refractivity contribution in [3.8, 4) is 5.75 Å². The van der Waals surface area contributed by atoms with Crippen LogP contribution in [-0.2, 0) is 4.79 Å². The van der Waals surface area contributed by atoms with Crippen LogP contribution in [-0.4, -0.2) is 24.2 Å². The van der Waals surface area contributed by atoms with Crippen molar-refractivity contribution >= 4 is 12.1 Å². The Kier molecular flexibility index (Phi) is 3.69. The predicted octanol–water partition coefficient (Wildman–Crippen LogP) is 3.00. The molecule has 2 aromatic rings. The van der Waals surface area contributed by atoms with Gasteiger partial charge in [0.1, 0.15) is 5.75 Å². The lowest BCUT2D eigenvalue weighted by atomic mass is 9.98. The Balaban J connectivity index is 1.94. The highest BCUT2D eigenvalue weighted by Gasteiger charge is 2.30. The number of benzene rings is 2. The van der Waals surface area contributed by atoms with Crippen molar-refractivity contribution in [1.29, 1.82) is 0 Å². The maximum atomic E-state index is 11.3. The van der Waals surface area contributed by atoms with Gasteiger partial charge in [0.2, 0.25) is 6.41 Å². The molecule has 0 bridgehead atoms. The van der Waals surface area contributed by atoms with E-state index in [1.54, 1.807) is 7.11 Å². The fraction of sp³-hybridized carbons (Fsp3) is 0.176. The highest BCUT2D eigenvalue weighted by atomic mass is 16.5. The Morgan fingerprint density at radius 3 is 2.57 bits per heavy atom. The van der Waals surface area contributed by atoms with Crippen molar-refractivity contribution in [3.05, 3.63) is 65.7 Å². The molecule has 0 fully saturated rings. The summed E-state index contributed by atoms with van der Waals surface area (Å²) in [5, 5.41) is 5.91. The van der Waals surface area contributed by atoms with Crippen LogP contribution >= 0.6 is 0 Å². The molecule has 4 heteroatoms. The summed E-state index contributed by atoms with van der Waals surface area (Å²) in [7, 11) is 1.64. The number of carbonyl (C=O) groups is 1. The van der Waals surface area contributed by atoms with Crippen molar-refractivity contribution in [3.63, 3.8) is 0 Å². The van der Waals surface area contributed by atoms with Gasteiger partial charge in [0.05, 0.1) is 18.9 Å². The fourth-order valence-electron chi connectivity index (χ4n) is 2.62. The van der Waals surface area contributed by atoms with Gasteiger partial charge in [0.25, 0.3) is 0 Å². The molecule has 1 aliphatic heterocycles. The third kappa shape index (κ3) is 2.52. The molecule has 21 heavy (non-hydrogen) atoms. The summed E-state index contributed by atoms with van der Waals surface area (Å²) in [5.74, 6) is 0.777. The number of carbonyl (C=O) groups excluding carboxylic acids is 1. The topological polar surface area (TPSA) is 41.9 Å². The summed E-state index contributed by atoms with van der Waals surface area (Å²) in [6, 6.07) is 17.5. The first-order chi connectivity index (χ1) is 10.3. The van der Waals surface area contributed by atoms with E-state index in [1.807, 2.05) is 54.6 Å². The van der Waals surface area contributed by atoms with Crippen LogP contribution in [0, 0.1) is 0 Å². The van der Waals surface area contributed by atoms with E-state index in [0.29, 0.717) is 6.42 Å². The summed E-state index contributed by atoms with van der Waals surface area (Å²) in [6.45, 7) is 0. The van der Waals surface area contributed by atoms with Crippen LogP contribution in [0.5, 0.6) is 5.75 Å². The molecule has 0 saturated carbocycles. The molecule has 3 rings (SSSR count). The largest absolute Gasteiger partial charge is 0.496 e. The van der Waals surface area contributed by atoms with Crippen LogP contribution in [0.15, 0.2) is 59.7 Å². The van der Waals surface area contributed by atoms with Gasteiger partial charge in [-0.1, -0.05) is 48.5 Å². The number of methoxy groups -OCH3 is 1. The van der Waals surface area contributed by atoms with Gasteiger partial charge in [0, 0.05) is 12.0 Å². The Labute approximate surface area is 123 Å². The Hall–Kier alpha value is -2.62. The standard InChI is InChI=1S/C17H16N2O2/c1-21-17-10-6-5-9-14(17)16-11-15(18-19(16)12-20)13-7-3-2-4-8-13/h2-10,12,16H,11H2,1H3. The van der Waals surface area contributed by atoms with Gasteiger partial charge in [-0.05, 0) is 11.6 Å². The molecule has 0 aliphatic carbocycles. The Bertz CT molecular complexity index is 668. The smallest absolute Gasteiger partial charge is 0.230 e. The summed E-state index contributed by atoms with van der Waals surface area (Å²) in [6.07, 6.45) is 1.45. The number of hydrogen-bond acceptors (Lipinski definition) is 3. The molecule has 2 aromatic carbocycles. The lowest BCUT2D eigenvalue weighted by Crippen LogP contribution is -2.18. The van der Waals surface area contributed by atoms with Crippen LogP contribution < -0.4 is 4.74 Å². The molecule has 0 saturated heterocycles. The molecular weight excluding hydrogens is 264 g/mol. The van der Waals surface area contributed by atoms with Gasteiger partial charge in [-0.2, -0.15) is 5.10 Å². The molecule has 0 radical (unpaired) electrons. The van der Waals surface area contributed by atoms with Crippen LogP contribution in [0.25, 0.3) is 0 Å². The quantitative estimate of drug-likeness (QED) is 0.808. The van der Waals surface area contributed by atoms with E-state index in [4.69, 9.17) is 4.74 Å². The minimum Gasteiger partial charge on any atom is -0.496 e. The molecular formula is C17H16N2O2. The Morgan fingerprint density at radius 2 is 1.86 bits per heavy atom. The first kappa shape index (κ1) is 13.4. The van der Waals surface area contributed by atoms with E-state index in [1.165, 1.54) is 5.01 Å². The SMILES string of the molecule is COc1ccccc1C1CC(c2ccccc2)=NN1C=O. The van der Waals surface area contributed by atoms with Gasteiger partial charge in [-0.25, -0.2) is 5.01 Å². The van der Waals surface area contributed by atoms with E-state index in [9.17, 15) is 4.79 Å². The zero-order valence-corrected chi connectivity index (χ0v) is 11.8. The molecule has 106 valence electrons. The van der Waals surface area contributed by atoms with Crippen molar-refractivity contribution in [2.75, 3.05) is 7.11 Å². The average molecular weight is 280 g/mol. The van der Waals surface area contributed by atoms with E-state index < -0.39 is 0 Å². The van der Waals surface area contributed by atoms with Crippen molar-refractivity contribution in [2.24, 2.45) is 5.10 Å². The van der Waals surface area contributed by atoms with Crippen molar-refractivity contribution < 1.29 is 9.53 Å². The lowest BCUT2D eigenvalue weighted by molar-refractivity contribution is -0.119. The normalized spacial score (nSPS) is 17.5. The molecule has 1 atom stereocenters. The summed E-state index contributed by atoms with van der Waals surface area (Å²) >= 11 is 0. The molecule has 0 N–H and O–H groups in total. The summed E-state index contributed by atoms with van der Waals surface area (Å²) < 4.78 is 5.40. The number of amides is 1. The third-order valence-electron chi connectivity index (χ3n) is 3.66. The van der Waals surface area contributed by atoms with E-state index in [2.05, 4.69) is 5.10 Å². The highest BCUT2D eigenvalue weighted by Crippen LogP contribution is 2.36. The van der Waals surface area contributed by atoms with Crippen LogP contribution in [0.3, 0.4) is 0 Å². The predicted molar refractivity (Wildman–Crippen MR) is 81.2 cm³/mol. The number of para-hydroxylation sites is 1. The average Bonchev–Trinajstić information content (AvgIpc) is 2.99. The van der Waals surface area contributed by atoms with Crippen LogP contribution in [0.1, 0.15) is 23.6 Å². The Morgan fingerprint density at radius 1 is 1.14 bits per heavy atom. The number of rotatable bonds is 4. The molecule has 1 amide bonds. The second-order valence-corrected chi connectivity index (χ2v) is 4.86. The van der Waals surface area contributed by atoms with E-state index >= 15 is 0 Å². The molecule has 1 heterocycles. The van der Waals surface area contributed by atoms with Gasteiger partial charge >= 0.3 is 0 Å². The zero-order valence-electron chi connectivity index (χ0n) is 11.8. The van der Waals surface area contributed by atoms with Gasteiger partial charge in [-0.3, -0.25) is 4.79 Å². The van der Waals surface area contributed by atoms with Gasteiger partial charge in [0.15, 0.2) is 0 Å². The van der Waals surface area contributed by atoms with E-state index in [0.717, 1.165) is 29.0 Å². The minimum absolute atomic E-state index is 0.117. The number of nitrogens with zero attached hydrogens (tertiary/aromatic N) is 2. The van der Waals surface area contributed by atoms with Crippen LogP contribution in [0.4, 0.5) is 0 Å². The monoisotopic (exact) mass is 280 g/mol. The molecule has 1 unspecified atom stereocenters. The van der Waals surface area contributed by atoms with Crippen molar-refractivity contribution in [2.45, 2.75) is 12.5 Å².